The van der Waals surface area contributed by atoms with Gasteiger partial charge in [0.25, 0.3) is 0 Å². The van der Waals surface area contributed by atoms with Crippen LogP contribution in [0.15, 0.2) is 42.5 Å². The summed E-state index contributed by atoms with van der Waals surface area (Å²) in [6.07, 6.45) is 1.79. The number of carbonyl (C=O) groups excluding carboxylic acids is 2. The number of hydrogen-bond acceptors (Lipinski definition) is 4. The van der Waals surface area contributed by atoms with Crippen LogP contribution in [-0.2, 0) is 22.4 Å². The number of carbonyl (C=O) groups is 2. The van der Waals surface area contributed by atoms with Crippen molar-refractivity contribution in [2.45, 2.75) is 58.5 Å². The van der Waals surface area contributed by atoms with Crippen LogP contribution in [0.4, 0.5) is 0 Å². The van der Waals surface area contributed by atoms with E-state index in [1.54, 1.807) is 26.0 Å². The smallest absolute Gasteiger partial charge is 0.242 e. The number of aryl methyl sites for hydroxylation is 3. The van der Waals surface area contributed by atoms with Gasteiger partial charge in [0.15, 0.2) is 0 Å². The predicted molar refractivity (Wildman–Crippen MR) is 119 cm³/mol. The Balaban J connectivity index is 2.18. The number of primary amides is 1. The number of amides is 2. The van der Waals surface area contributed by atoms with Crippen molar-refractivity contribution < 1.29 is 14.7 Å². The molecule has 0 aliphatic rings. The van der Waals surface area contributed by atoms with E-state index in [-0.39, 0.29) is 11.7 Å². The fraction of sp³-hybridized carbons (Fsp3) is 0.417. The van der Waals surface area contributed by atoms with E-state index in [9.17, 15) is 14.7 Å². The van der Waals surface area contributed by atoms with Crippen LogP contribution in [0.2, 0.25) is 0 Å². The van der Waals surface area contributed by atoms with Gasteiger partial charge in [-0.15, -0.1) is 0 Å². The number of nitrogens with two attached hydrogens (primary N) is 2. The minimum Gasteiger partial charge on any atom is -0.508 e. The molecule has 0 saturated carbocycles. The Morgan fingerprint density at radius 3 is 2.20 bits per heavy atom. The van der Waals surface area contributed by atoms with Gasteiger partial charge in [0.1, 0.15) is 11.3 Å². The van der Waals surface area contributed by atoms with E-state index >= 15 is 0 Å². The molecule has 0 aliphatic heterocycles. The predicted octanol–water partition coefficient (Wildman–Crippen LogP) is 2.60. The van der Waals surface area contributed by atoms with Gasteiger partial charge in [-0.3, -0.25) is 9.59 Å². The van der Waals surface area contributed by atoms with Crippen LogP contribution < -0.4 is 11.5 Å². The first-order valence-corrected chi connectivity index (χ1v) is 10.2. The molecule has 0 spiro atoms. The Hall–Kier alpha value is -2.86. The highest BCUT2D eigenvalue weighted by Crippen LogP contribution is 2.23. The topological polar surface area (TPSA) is 110 Å². The highest BCUT2D eigenvalue weighted by molar-refractivity contribution is 5.91. The standard InChI is InChI=1S/C24H33N3O3/c1-16-13-19(28)14-17(2)20(16)15-21(25)22(29)27(24(3,4)23(26)30)12-8-11-18-9-6-5-7-10-18/h5-7,9-10,13-14,21,28H,8,11-12,15,25H2,1-4H3,(H2,26,30)/t21-/m1/s1. The Bertz CT molecular complexity index is 871. The van der Waals surface area contributed by atoms with E-state index in [1.807, 2.05) is 44.2 Å². The Morgan fingerprint density at radius 1 is 1.10 bits per heavy atom. The molecule has 0 saturated heterocycles. The van der Waals surface area contributed by atoms with E-state index < -0.39 is 17.5 Å². The lowest BCUT2D eigenvalue weighted by Crippen LogP contribution is -2.60. The second-order valence-corrected chi connectivity index (χ2v) is 8.37. The largest absolute Gasteiger partial charge is 0.508 e. The zero-order valence-electron chi connectivity index (χ0n) is 18.3. The summed E-state index contributed by atoms with van der Waals surface area (Å²) in [5.41, 5.74) is 14.6. The fourth-order valence-corrected chi connectivity index (χ4v) is 3.68. The molecule has 0 fully saturated rings. The maximum Gasteiger partial charge on any atom is 0.242 e. The Kier molecular flexibility index (Phi) is 7.62. The van der Waals surface area contributed by atoms with Crippen molar-refractivity contribution >= 4 is 11.8 Å². The number of aromatic hydroxyl groups is 1. The third-order valence-electron chi connectivity index (χ3n) is 5.66. The summed E-state index contributed by atoms with van der Waals surface area (Å²) in [6.45, 7) is 7.44. The summed E-state index contributed by atoms with van der Waals surface area (Å²) < 4.78 is 0. The molecule has 0 radical (unpaired) electrons. The molecule has 2 aromatic carbocycles. The Labute approximate surface area is 178 Å². The lowest BCUT2D eigenvalue weighted by molar-refractivity contribution is -0.145. The molecular weight excluding hydrogens is 378 g/mol. The van der Waals surface area contributed by atoms with Crippen molar-refractivity contribution in [1.82, 2.24) is 4.90 Å². The molecular formula is C24H33N3O3. The van der Waals surface area contributed by atoms with Crippen LogP contribution in [-0.4, -0.2) is 39.9 Å². The van der Waals surface area contributed by atoms with Gasteiger partial charge < -0.3 is 21.5 Å². The molecule has 0 bridgehead atoms. The van der Waals surface area contributed by atoms with Crippen LogP contribution in [0.3, 0.4) is 0 Å². The summed E-state index contributed by atoms with van der Waals surface area (Å²) in [5.74, 6) is -0.690. The lowest BCUT2D eigenvalue weighted by atomic mass is 9.94. The van der Waals surface area contributed by atoms with Gasteiger partial charge in [0.05, 0.1) is 6.04 Å². The van der Waals surface area contributed by atoms with E-state index in [0.29, 0.717) is 19.4 Å². The summed E-state index contributed by atoms with van der Waals surface area (Å²) in [6, 6.07) is 12.5. The number of nitrogens with zero attached hydrogens (tertiary/aromatic N) is 1. The van der Waals surface area contributed by atoms with Gasteiger partial charge in [-0.2, -0.15) is 0 Å². The highest BCUT2D eigenvalue weighted by Gasteiger charge is 2.37. The third-order valence-corrected chi connectivity index (χ3v) is 5.66. The molecule has 0 heterocycles. The molecule has 5 N–H and O–H groups in total. The molecule has 2 rings (SSSR count). The van der Waals surface area contributed by atoms with E-state index in [4.69, 9.17) is 11.5 Å². The second kappa shape index (κ2) is 9.76. The first kappa shape index (κ1) is 23.4. The quantitative estimate of drug-likeness (QED) is 0.589. The molecule has 2 amide bonds. The van der Waals surface area contributed by atoms with Crippen LogP contribution in [0.25, 0.3) is 0 Å². The molecule has 162 valence electrons. The molecule has 6 heteroatoms. The third kappa shape index (κ3) is 5.60. The van der Waals surface area contributed by atoms with Crippen molar-refractivity contribution in [2.24, 2.45) is 11.5 Å². The molecule has 0 unspecified atom stereocenters. The molecule has 1 atom stereocenters. The number of benzene rings is 2. The minimum atomic E-state index is -1.15. The first-order valence-electron chi connectivity index (χ1n) is 10.2. The highest BCUT2D eigenvalue weighted by atomic mass is 16.3. The zero-order chi connectivity index (χ0) is 22.5. The van der Waals surface area contributed by atoms with Crippen molar-refractivity contribution in [3.8, 4) is 5.75 Å². The van der Waals surface area contributed by atoms with Crippen LogP contribution >= 0.6 is 0 Å². The average Bonchev–Trinajstić information content (AvgIpc) is 2.67. The maximum absolute atomic E-state index is 13.3. The molecule has 0 aliphatic carbocycles. The monoisotopic (exact) mass is 411 g/mol. The van der Waals surface area contributed by atoms with Crippen LogP contribution in [0, 0.1) is 13.8 Å². The molecule has 30 heavy (non-hydrogen) atoms. The van der Waals surface area contributed by atoms with Gasteiger partial charge in [-0.05, 0) is 81.3 Å². The molecule has 2 aromatic rings. The van der Waals surface area contributed by atoms with E-state index in [1.165, 1.54) is 10.5 Å². The average molecular weight is 412 g/mol. The number of rotatable bonds is 9. The van der Waals surface area contributed by atoms with Gasteiger partial charge >= 0.3 is 0 Å². The van der Waals surface area contributed by atoms with Crippen molar-refractivity contribution in [3.63, 3.8) is 0 Å². The summed E-state index contributed by atoms with van der Waals surface area (Å²) in [7, 11) is 0. The SMILES string of the molecule is Cc1cc(O)cc(C)c1C[C@@H](N)C(=O)N(CCCc1ccccc1)C(C)(C)C(N)=O. The number of phenolic OH excluding ortho intramolecular Hbond substituents is 1. The zero-order valence-corrected chi connectivity index (χ0v) is 18.3. The van der Waals surface area contributed by atoms with Crippen molar-refractivity contribution in [3.05, 3.63) is 64.7 Å². The molecule has 0 aromatic heterocycles. The number of hydrogen-bond donors (Lipinski definition) is 3. The van der Waals surface area contributed by atoms with Crippen LogP contribution in [0.1, 0.15) is 42.5 Å². The van der Waals surface area contributed by atoms with Crippen molar-refractivity contribution in [1.29, 1.82) is 0 Å². The van der Waals surface area contributed by atoms with E-state index in [2.05, 4.69) is 0 Å². The van der Waals surface area contributed by atoms with Gasteiger partial charge in [-0.1, -0.05) is 30.3 Å². The molecule has 6 nitrogen and oxygen atoms in total. The van der Waals surface area contributed by atoms with Gasteiger partial charge in [0.2, 0.25) is 11.8 Å². The Morgan fingerprint density at radius 2 is 1.67 bits per heavy atom. The summed E-state index contributed by atoms with van der Waals surface area (Å²) >= 11 is 0. The number of phenols is 1. The van der Waals surface area contributed by atoms with Crippen LogP contribution in [0.5, 0.6) is 5.75 Å². The maximum atomic E-state index is 13.3. The second-order valence-electron chi connectivity index (χ2n) is 8.37. The normalized spacial score (nSPS) is 12.4. The van der Waals surface area contributed by atoms with Crippen molar-refractivity contribution in [2.75, 3.05) is 6.54 Å². The summed E-state index contributed by atoms with van der Waals surface area (Å²) in [5, 5.41) is 9.75. The minimum absolute atomic E-state index is 0.186. The lowest BCUT2D eigenvalue weighted by Gasteiger charge is -2.38. The summed E-state index contributed by atoms with van der Waals surface area (Å²) in [4.78, 5) is 26.9. The fourth-order valence-electron chi connectivity index (χ4n) is 3.68. The van der Waals surface area contributed by atoms with Gasteiger partial charge in [-0.25, -0.2) is 0 Å². The van der Waals surface area contributed by atoms with Gasteiger partial charge in [0, 0.05) is 6.54 Å². The first-order chi connectivity index (χ1) is 14.0. The van der Waals surface area contributed by atoms with E-state index in [0.717, 1.165) is 23.1 Å².